The van der Waals surface area contributed by atoms with Gasteiger partial charge >= 0.3 is 0 Å². The number of hydrogen-bond acceptors (Lipinski definition) is 6. The lowest BCUT2D eigenvalue weighted by Gasteiger charge is -2.26. The van der Waals surface area contributed by atoms with Gasteiger partial charge < -0.3 is 20.7 Å². The number of methoxy groups -OCH3 is 1. The third-order valence-electron chi connectivity index (χ3n) is 3.85. The second-order valence-corrected chi connectivity index (χ2v) is 7.34. The number of carbonyl (C=O) groups is 1. The van der Waals surface area contributed by atoms with Crippen molar-refractivity contribution in [3.8, 4) is 5.75 Å². The molecule has 1 aromatic heterocycles. The fraction of sp³-hybridized carbons (Fsp3) is 0.450. The van der Waals surface area contributed by atoms with Crippen LogP contribution >= 0.6 is 0 Å². The fourth-order valence-electron chi connectivity index (χ4n) is 2.70. The van der Waals surface area contributed by atoms with E-state index in [1.165, 1.54) is 6.20 Å². The summed E-state index contributed by atoms with van der Waals surface area (Å²) in [7, 11) is 1.59. The lowest BCUT2D eigenvalue weighted by molar-refractivity contribution is 0.102. The Morgan fingerprint density at radius 2 is 1.74 bits per heavy atom. The molecule has 0 bridgehead atoms. The molecule has 2 aromatic rings. The third-order valence-corrected chi connectivity index (χ3v) is 3.85. The molecule has 0 fully saturated rings. The molecule has 7 heteroatoms. The Balaban J connectivity index is 2.17. The first-order chi connectivity index (χ1) is 12.8. The van der Waals surface area contributed by atoms with E-state index in [2.05, 4.69) is 47.9 Å². The highest BCUT2D eigenvalue weighted by Crippen LogP contribution is 2.19. The summed E-state index contributed by atoms with van der Waals surface area (Å²) in [5.74, 6) is 2.02. The van der Waals surface area contributed by atoms with E-state index in [1.807, 2.05) is 0 Å². The lowest BCUT2D eigenvalue weighted by Crippen LogP contribution is -2.33. The normalized spacial score (nSPS) is 10.9. The maximum atomic E-state index is 12.5. The van der Waals surface area contributed by atoms with Crippen LogP contribution in [0.5, 0.6) is 5.75 Å². The summed E-state index contributed by atoms with van der Waals surface area (Å²) in [4.78, 5) is 23.4. The van der Waals surface area contributed by atoms with Crippen LogP contribution in [-0.2, 0) is 0 Å². The highest BCUT2D eigenvalue weighted by Gasteiger charge is 2.17. The highest BCUT2D eigenvalue weighted by atomic mass is 16.5. The minimum Gasteiger partial charge on any atom is -0.497 e. The van der Waals surface area contributed by atoms with Gasteiger partial charge in [-0.15, -0.1) is 0 Å². The van der Waals surface area contributed by atoms with Gasteiger partial charge in [0.25, 0.3) is 5.91 Å². The Morgan fingerprint density at radius 3 is 2.22 bits per heavy atom. The quantitative estimate of drug-likeness (QED) is 0.738. The minimum absolute atomic E-state index is 0.170. The summed E-state index contributed by atoms with van der Waals surface area (Å²) in [5.41, 5.74) is 6.96. The van der Waals surface area contributed by atoms with E-state index in [-0.39, 0.29) is 17.3 Å². The first kappa shape index (κ1) is 20.5. The van der Waals surface area contributed by atoms with Crippen LogP contribution in [0, 0.1) is 11.8 Å². The zero-order valence-electron chi connectivity index (χ0n) is 16.7. The van der Waals surface area contributed by atoms with Gasteiger partial charge in [-0.2, -0.15) is 4.98 Å². The summed E-state index contributed by atoms with van der Waals surface area (Å²) in [6.07, 6.45) is 1.49. The van der Waals surface area contributed by atoms with Gasteiger partial charge in [-0.25, -0.2) is 4.98 Å². The number of benzene rings is 1. The maximum absolute atomic E-state index is 12.5. The lowest BCUT2D eigenvalue weighted by atomic mass is 10.1. The number of aromatic nitrogens is 2. The highest BCUT2D eigenvalue weighted by molar-refractivity contribution is 6.07. The van der Waals surface area contributed by atoms with Crippen molar-refractivity contribution < 1.29 is 9.53 Å². The van der Waals surface area contributed by atoms with E-state index in [0.717, 1.165) is 18.8 Å². The molecule has 27 heavy (non-hydrogen) atoms. The molecule has 1 aromatic carbocycles. The number of nitrogens with two attached hydrogens (primary N) is 1. The van der Waals surface area contributed by atoms with Crippen molar-refractivity contribution in [2.75, 3.05) is 36.1 Å². The van der Waals surface area contributed by atoms with Crippen LogP contribution in [0.2, 0.25) is 0 Å². The molecule has 3 N–H and O–H groups in total. The van der Waals surface area contributed by atoms with Crippen molar-refractivity contribution in [1.82, 2.24) is 9.97 Å². The Hall–Kier alpha value is -2.83. The van der Waals surface area contributed by atoms with Crippen molar-refractivity contribution in [2.45, 2.75) is 27.7 Å². The number of nitrogens with zero attached hydrogens (tertiary/aromatic N) is 3. The van der Waals surface area contributed by atoms with Crippen molar-refractivity contribution in [3.63, 3.8) is 0 Å². The Kier molecular flexibility index (Phi) is 6.98. The SMILES string of the molecule is COc1ccc(NC(=O)c2cnc(N(CC(C)C)CC(C)C)nc2N)cc1. The van der Waals surface area contributed by atoms with Crippen molar-refractivity contribution in [2.24, 2.45) is 11.8 Å². The van der Waals surface area contributed by atoms with Gasteiger partial charge in [-0.1, -0.05) is 27.7 Å². The summed E-state index contributed by atoms with van der Waals surface area (Å²) in [6.45, 7) is 10.2. The number of carbonyl (C=O) groups excluding carboxylic acids is 1. The Bertz CT molecular complexity index is 749. The summed E-state index contributed by atoms with van der Waals surface area (Å²) < 4.78 is 5.11. The van der Waals surface area contributed by atoms with Gasteiger partial charge in [-0.05, 0) is 36.1 Å². The molecule has 1 heterocycles. The summed E-state index contributed by atoms with van der Waals surface area (Å²) >= 11 is 0. The number of nitrogen functional groups attached to an aromatic ring is 1. The van der Waals surface area contributed by atoms with Gasteiger partial charge in [-0.3, -0.25) is 4.79 Å². The van der Waals surface area contributed by atoms with Crippen LogP contribution in [0.4, 0.5) is 17.5 Å². The molecule has 0 spiro atoms. The number of amides is 1. The number of ether oxygens (including phenoxy) is 1. The smallest absolute Gasteiger partial charge is 0.260 e. The van der Waals surface area contributed by atoms with Crippen LogP contribution in [-0.4, -0.2) is 36.1 Å². The molecule has 1 amide bonds. The second kappa shape index (κ2) is 9.21. The molecule has 0 unspecified atom stereocenters. The van der Waals surface area contributed by atoms with Crippen molar-refractivity contribution >= 4 is 23.4 Å². The van der Waals surface area contributed by atoms with Crippen LogP contribution in [0.15, 0.2) is 30.5 Å². The molecule has 7 nitrogen and oxygen atoms in total. The first-order valence-electron chi connectivity index (χ1n) is 9.13. The fourth-order valence-corrected chi connectivity index (χ4v) is 2.70. The maximum Gasteiger partial charge on any atom is 0.260 e. The van der Waals surface area contributed by atoms with Crippen LogP contribution < -0.4 is 20.7 Å². The molecule has 0 radical (unpaired) electrons. The first-order valence-corrected chi connectivity index (χ1v) is 9.13. The van der Waals surface area contributed by atoms with Crippen LogP contribution in [0.3, 0.4) is 0 Å². The van der Waals surface area contributed by atoms with Gasteiger partial charge in [0.15, 0.2) is 0 Å². The molecule has 0 atom stereocenters. The van der Waals surface area contributed by atoms with E-state index in [4.69, 9.17) is 10.5 Å². The number of anilines is 3. The molecule has 2 rings (SSSR count). The van der Waals surface area contributed by atoms with E-state index >= 15 is 0 Å². The average Bonchev–Trinajstić information content (AvgIpc) is 2.60. The van der Waals surface area contributed by atoms with Crippen LogP contribution in [0.25, 0.3) is 0 Å². The molecule has 0 aliphatic rings. The topological polar surface area (TPSA) is 93.4 Å². The zero-order valence-corrected chi connectivity index (χ0v) is 16.7. The standard InChI is InChI=1S/C20H29N5O2/c1-13(2)11-25(12-14(3)4)20-22-10-17(18(21)24-20)19(26)23-15-6-8-16(27-5)9-7-15/h6-10,13-14H,11-12H2,1-5H3,(H,23,26)(H2,21,22,24). The van der Waals surface area contributed by atoms with E-state index in [0.29, 0.717) is 23.5 Å². The van der Waals surface area contributed by atoms with Crippen molar-refractivity contribution in [1.29, 1.82) is 0 Å². The molecular formula is C20H29N5O2. The predicted molar refractivity (Wildman–Crippen MR) is 109 cm³/mol. The molecule has 0 aliphatic heterocycles. The summed E-state index contributed by atoms with van der Waals surface area (Å²) in [6, 6.07) is 7.06. The number of nitrogens with one attached hydrogen (secondary N) is 1. The van der Waals surface area contributed by atoms with Gasteiger partial charge in [0.1, 0.15) is 17.1 Å². The number of rotatable bonds is 8. The molecule has 0 saturated carbocycles. The van der Waals surface area contributed by atoms with Gasteiger partial charge in [0.05, 0.1) is 7.11 Å². The molecule has 0 saturated heterocycles. The van der Waals surface area contributed by atoms with Crippen molar-refractivity contribution in [3.05, 3.63) is 36.0 Å². The van der Waals surface area contributed by atoms with E-state index in [1.54, 1.807) is 31.4 Å². The second-order valence-electron chi connectivity index (χ2n) is 7.34. The minimum atomic E-state index is -0.344. The molecule has 146 valence electrons. The summed E-state index contributed by atoms with van der Waals surface area (Å²) in [5, 5.41) is 2.80. The Labute approximate surface area is 161 Å². The monoisotopic (exact) mass is 371 g/mol. The predicted octanol–water partition coefficient (Wildman–Crippen LogP) is 3.44. The van der Waals surface area contributed by atoms with Crippen LogP contribution in [0.1, 0.15) is 38.1 Å². The van der Waals surface area contributed by atoms with Gasteiger partial charge in [0.2, 0.25) is 5.95 Å². The average molecular weight is 371 g/mol. The van der Waals surface area contributed by atoms with E-state index < -0.39 is 0 Å². The zero-order chi connectivity index (χ0) is 20.0. The molecule has 0 aliphatic carbocycles. The molecular weight excluding hydrogens is 342 g/mol. The number of hydrogen-bond donors (Lipinski definition) is 2. The van der Waals surface area contributed by atoms with Gasteiger partial charge in [0, 0.05) is 25.0 Å². The third kappa shape index (κ3) is 5.84. The largest absolute Gasteiger partial charge is 0.497 e. The van der Waals surface area contributed by atoms with E-state index in [9.17, 15) is 4.79 Å². The Morgan fingerprint density at radius 1 is 1.15 bits per heavy atom.